The van der Waals surface area contributed by atoms with Crippen molar-refractivity contribution in [2.24, 2.45) is 0 Å². The summed E-state index contributed by atoms with van der Waals surface area (Å²) in [5, 5.41) is 11.2. The van der Waals surface area contributed by atoms with Crippen LogP contribution < -0.4 is 5.69 Å². The average Bonchev–Trinajstić information content (AvgIpc) is 2.94. The molecule has 0 fully saturated rings. The maximum Gasteiger partial charge on any atom is 0.337 e. The van der Waals surface area contributed by atoms with Crippen LogP contribution in [-0.2, 0) is 6.54 Å². The van der Waals surface area contributed by atoms with Crippen molar-refractivity contribution >= 4 is 28.3 Å². The van der Waals surface area contributed by atoms with Crippen LogP contribution in [0.2, 0.25) is 0 Å². The van der Waals surface area contributed by atoms with E-state index in [1.807, 2.05) is 18.4 Å². The highest BCUT2D eigenvalue weighted by atomic mass is 32.1. The Labute approximate surface area is 118 Å². The van der Waals surface area contributed by atoms with Crippen LogP contribution in [0.5, 0.6) is 0 Å². The minimum Gasteiger partial charge on any atom is -0.478 e. The summed E-state index contributed by atoms with van der Waals surface area (Å²) in [6.45, 7) is 2.36. The number of imidazole rings is 1. The van der Waals surface area contributed by atoms with Gasteiger partial charge in [-0.3, -0.25) is 4.57 Å². The van der Waals surface area contributed by atoms with Gasteiger partial charge in [-0.1, -0.05) is 6.07 Å². The summed E-state index contributed by atoms with van der Waals surface area (Å²) in [7, 11) is 0. The Hall–Kier alpha value is -2.34. The fourth-order valence-electron chi connectivity index (χ4n) is 2.25. The number of nitrogens with one attached hydrogen (secondary N) is 1. The number of aromatic nitrogens is 2. The van der Waals surface area contributed by atoms with E-state index >= 15 is 0 Å². The molecule has 0 spiro atoms. The van der Waals surface area contributed by atoms with Gasteiger partial charge >= 0.3 is 11.7 Å². The fraction of sp³-hybridized carbons (Fsp3) is 0.143. The molecule has 5 nitrogen and oxygen atoms in total. The largest absolute Gasteiger partial charge is 0.478 e. The highest BCUT2D eigenvalue weighted by molar-refractivity contribution is 7.10. The van der Waals surface area contributed by atoms with Crippen LogP contribution in [0.15, 0.2) is 34.4 Å². The Morgan fingerprint density at radius 1 is 1.40 bits per heavy atom. The highest BCUT2D eigenvalue weighted by Crippen LogP contribution is 2.21. The van der Waals surface area contributed by atoms with Gasteiger partial charge in [0.2, 0.25) is 0 Å². The van der Waals surface area contributed by atoms with Crippen LogP contribution in [0.1, 0.15) is 20.8 Å². The Kier molecular flexibility index (Phi) is 2.94. The summed E-state index contributed by atoms with van der Waals surface area (Å²) >= 11 is 1.56. The first-order chi connectivity index (χ1) is 9.58. The minimum atomic E-state index is -1.04. The van der Waals surface area contributed by atoms with Crippen molar-refractivity contribution in [1.82, 2.24) is 9.55 Å². The normalized spacial score (nSPS) is 11.1. The van der Waals surface area contributed by atoms with Crippen LogP contribution >= 0.6 is 11.3 Å². The van der Waals surface area contributed by atoms with Crippen LogP contribution in [0, 0.1) is 6.92 Å². The molecule has 0 bridgehead atoms. The van der Waals surface area contributed by atoms with E-state index in [1.165, 1.54) is 10.6 Å². The number of benzene rings is 1. The van der Waals surface area contributed by atoms with Crippen LogP contribution in [0.3, 0.4) is 0 Å². The van der Waals surface area contributed by atoms with Crippen molar-refractivity contribution < 1.29 is 9.90 Å². The summed E-state index contributed by atoms with van der Waals surface area (Å²) in [5.41, 5.74) is 1.93. The number of aromatic amines is 1. The molecule has 20 heavy (non-hydrogen) atoms. The van der Waals surface area contributed by atoms with Gasteiger partial charge in [-0.05, 0) is 36.1 Å². The van der Waals surface area contributed by atoms with Gasteiger partial charge in [-0.2, -0.15) is 0 Å². The SMILES string of the molecule is Cc1ccsc1Cn1c(=O)[nH]c2cccc(C(=O)O)c21. The van der Waals surface area contributed by atoms with E-state index in [0.29, 0.717) is 17.6 Å². The molecule has 2 heterocycles. The van der Waals surface area contributed by atoms with Gasteiger partial charge < -0.3 is 10.1 Å². The molecule has 0 aliphatic rings. The second kappa shape index (κ2) is 4.64. The number of hydrogen-bond donors (Lipinski definition) is 2. The number of hydrogen-bond acceptors (Lipinski definition) is 3. The number of H-pyrrole nitrogens is 1. The summed E-state index contributed by atoms with van der Waals surface area (Å²) in [4.78, 5) is 27.1. The van der Waals surface area contributed by atoms with E-state index in [9.17, 15) is 14.7 Å². The molecule has 0 saturated carbocycles. The van der Waals surface area contributed by atoms with E-state index in [2.05, 4.69) is 4.98 Å². The summed E-state index contributed by atoms with van der Waals surface area (Å²) in [6, 6.07) is 6.83. The van der Waals surface area contributed by atoms with Crippen molar-refractivity contribution in [1.29, 1.82) is 0 Å². The first kappa shape index (κ1) is 12.7. The number of para-hydroxylation sites is 1. The second-order valence-electron chi connectivity index (χ2n) is 4.55. The van der Waals surface area contributed by atoms with Gasteiger partial charge in [0.15, 0.2) is 0 Å². The standard InChI is InChI=1S/C14H12N2O3S/c1-8-5-6-20-11(8)7-16-12-9(13(17)18)3-2-4-10(12)15-14(16)19/h2-6H,7H2,1H3,(H,15,19)(H,17,18). The molecule has 0 saturated heterocycles. The van der Waals surface area contributed by atoms with E-state index in [0.717, 1.165) is 10.4 Å². The molecule has 6 heteroatoms. The Bertz CT molecular complexity index is 857. The summed E-state index contributed by atoms with van der Waals surface area (Å²) in [6.07, 6.45) is 0. The molecule has 3 rings (SSSR count). The van der Waals surface area contributed by atoms with Crippen molar-refractivity contribution in [3.63, 3.8) is 0 Å². The van der Waals surface area contributed by atoms with E-state index in [-0.39, 0.29) is 11.3 Å². The predicted octanol–water partition coefficient (Wildman–Crippen LogP) is 2.45. The molecule has 0 atom stereocenters. The van der Waals surface area contributed by atoms with E-state index < -0.39 is 5.97 Å². The molecule has 0 unspecified atom stereocenters. The van der Waals surface area contributed by atoms with Gasteiger partial charge in [-0.25, -0.2) is 9.59 Å². The van der Waals surface area contributed by atoms with Crippen LogP contribution in [-0.4, -0.2) is 20.6 Å². The second-order valence-corrected chi connectivity index (χ2v) is 5.55. The quantitative estimate of drug-likeness (QED) is 0.777. The number of aromatic carboxylic acids is 1. The third-order valence-electron chi connectivity index (χ3n) is 3.29. The summed E-state index contributed by atoms with van der Waals surface area (Å²) in [5.74, 6) is -1.04. The number of nitrogens with zero attached hydrogens (tertiary/aromatic N) is 1. The maximum atomic E-state index is 12.1. The number of carbonyl (C=O) groups is 1. The number of rotatable bonds is 3. The lowest BCUT2D eigenvalue weighted by Gasteiger charge is -2.05. The Morgan fingerprint density at radius 2 is 2.20 bits per heavy atom. The van der Waals surface area contributed by atoms with Crippen LogP contribution in [0.4, 0.5) is 0 Å². The molecule has 102 valence electrons. The average molecular weight is 288 g/mol. The highest BCUT2D eigenvalue weighted by Gasteiger charge is 2.16. The maximum absolute atomic E-state index is 12.1. The Morgan fingerprint density at radius 3 is 2.85 bits per heavy atom. The lowest BCUT2D eigenvalue weighted by atomic mass is 10.2. The predicted molar refractivity (Wildman–Crippen MR) is 77.7 cm³/mol. The third kappa shape index (κ3) is 1.94. The first-order valence-corrected chi connectivity index (χ1v) is 6.93. The zero-order valence-electron chi connectivity index (χ0n) is 10.7. The molecule has 2 aromatic heterocycles. The van der Waals surface area contributed by atoms with Crippen molar-refractivity contribution in [2.75, 3.05) is 0 Å². The van der Waals surface area contributed by atoms with E-state index in [4.69, 9.17) is 0 Å². The zero-order valence-corrected chi connectivity index (χ0v) is 11.5. The van der Waals surface area contributed by atoms with E-state index in [1.54, 1.807) is 23.5 Å². The lowest BCUT2D eigenvalue weighted by Crippen LogP contribution is -2.18. The molecule has 0 aliphatic carbocycles. The van der Waals surface area contributed by atoms with Gasteiger partial charge in [0, 0.05) is 4.88 Å². The summed E-state index contributed by atoms with van der Waals surface area (Å²) < 4.78 is 1.48. The van der Waals surface area contributed by atoms with Gasteiger partial charge in [0.1, 0.15) is 0 Å². The third-order valence-corrected chi connectivity index (χ3v) is 4.30. The monoisotopic (exact) mass is 288 g/mol. The van der Waals surface area contributed by atoms with Gasteiger partial charge in [0.05, 0.1) is 23.1 Å². The first-order valence-electron chi connectivity index (χ1n) is 6.05. The smallest absolute Gasteiger partial charge is 0.337 e. The fourth-order valence-corrected chi connectivity index (χ4v) is 3.15. The topological polar surface area (TPSA) is 75.1 Å². The van der Waals surface area contributed by atoms with Gasteiger partial charge in [0.25, 0.3) is 0 Å². The zero-order chi connectivity index (χ0) is 14.3. The van der Waals surface area contributed by atoms with Gasteiger partial charge in [-0.15, -0.1) is 11.3 Å². The molecular weight excluding hydrogens is 276 g/mol. The number of thiophene rings is 1. The molecule has 2 N–H and O–H groups in total. The van der Waals surface area contributed by atoms with Crippen molar-refractivity contribution in [3.05, 3.63) is 56.1 Å². The molecule has 0 amide bonds. The minimum absolute atomic E-state index is 0.134. The molecule has 1 aromatic carbocycles. The molecular formula is C14H12N2O3S. The number of carboxylic acids is 1. The Balaban J connectivity index is 2.24. The van der Waals surface area contributed by atoms with Crippen LogP contribution in [0.25, 0.3) is 11.0 Å². The lowest BCUT2D eigenvalue weighted by molar-refractivity contribution is 0.0698. The van der Waals surface area contributed by atoms with Crippen molar-refractivity contribution in [3.8, 4) is 0 Å². The number of fused-ring (bicyclic) bond motifs is 1. The van der Waals surface area contributed by atoms with Crippen molar-refractivity contribution in [2.45, 2.75) is 13.5 Å². The number of carboxylic acid groups (broad SMARTS) is 1. The molecule has 0 aliphatic heterocycles. The molecule has 0 radical (unpaired) electrons. The number of aryl methyl sites for hydroxylation is 1. The molecule has 3 aromatic rings.